The van der Waals surface area contributed by atoms with E-state index in [1.807, 2.05) is 28.2 Å². The molecule has 4 heterocycles. The molecule has 0 spiro atoms. The molecule has 1 aliphatic heterocycles. The van der Waals surface area contributed by atoms with Gasteiger partial charge in [0.15, 0.2) is 5.69 Å². The SMILES string of the molecule is C=CCN(CC=C)Cc1nnc(-c2ncn3c2CN(C)C(=O)c2sccc2-3)o1. The van der Waals surface area contributed by atoms with E-state index >= 15 is 0 Å². The van der Waals surface area contributed by atoms with Gasteiger partial charge < -0.3 is 9.32 Å². The van der Waals surface area contributed by atoms with Crippen LogP contribution >= 0.6 is 11.3 Å². The van der Waals surface area contributed by atoms with Gasteiger partial charge in [-0.15, -0.1) is 34.7 Å². The van der Waals surface area contributed by atoms with E-state index in [1.54, 1.807) is 18.3 Å². The third-order valence-corrected chi connectivity index (χ3v) is 5.39. The Kier molecular flexibility index (Phi) is 4.93. The lowest BCUT2D eigenvalue weighted by molar-refractivity contribution is 0.0792. The number of hydrogen-bond donors (Lipinski definition) is 0. The van der Waals surface area contributed by atoms with E-state index in [2.05, 4.69) is 33.2 Å². The molecule has 9 heteroatoms. The van der Waals surface area contributed by atoms with Gasteiger partial charge in [-0.1, -0.05) is 12.2 Å². The fourth-order valence-corrected chi connectivity index (χ4v) is 4.08. The highest BCUT2D eigenvalue weighted by Gasteiger charge is 2.29. The Hall–Kier alpha value is -3.04. The Morgan fingerprint density at radius 1 is 1.32 bits per heavy atom. The van der Waals surface area contributed by atoms with Crippen molar-refractivity contribution in [3.8, 4) is 17.3 Å². The largest absolute Gasteiger partial charge is 0.418 e. The van der Waals surface area contributed by atoms with Crippen LogP contribution in [0.3, 0.4) is 0 Å². The number of aromatic nitrogens is 4. The zero-order chi connectivity index (χ0) is 19.7. The minimum Gasteiger partial charge on any atom is -0.418 e. The number of imidazole rings is 1. The summed E-state index contributed by atoms with van der Waals surface area (Å²) in [7, 11) is 1.78. The summed E-state index contributed by atoms with van der Waals surface area (Å²) in [5, 5.41) is 10.3. The first-order valence-electron chi connectivity index (χ1n) is 8.78. The van der Waals surface area contributed by atoms with Crippen LogP contribution in [0.4, 0.5) is 0 Å². The summed E-state index contributed by atoms with van der Waals surface area (Å²) in [6, 6.07) is 1.92. The summed E-state index contributed by atoms with van der Waals surface area (Å²) in [6.45, 7) is 9.82. The molecule has 3 aromatic heterocycles. The molecule has 1 amide bonds. The van der Waals surface area contributed by atoms with Gasteiger partial charge in [0.05, 0.1) is 24.5 Å². The van der Waals surface area contributed by atoms with Crippen molar-refractivity contribution in [2.45, 2.75) is 13.1 Å². The normalized spacial score (nSPS) is 13.4. The molecule has 0 N–H and O–H groups in total. The lowest BCUT2D eigenvalue weighted by Crippen LogP contribution is -2.24. The molecule has 0 saturated carbocycles. The number of hydrogen-bond acceptors (Lipinski definition) is 7. The number of carbonyl (C=O) groups is 1. The lowest BCUT2D eigenvalue weighted by atomic mass is 10.3. The van der Waals surface area contributed by atoms with Crippen molar-refractivity contribution in [2.24, 2.45) is 0 Å². The summed E-state index contributed by atoms with van der Waals surface area (Å²) in [4.78, 5) is 21.5. The molecular formula is C19H20N6O2S. The van der Waals surface area contributed by atoms with Gasteiger partial charge >= 0.3 is 0 Å². The van der Waals surface area contributed by atoms with Crippen LogP contribution in [0.15, 0.2) is 47.5 Å². The minimum atomic E-state index is -0.00430. The number of carbonyl (C=O) groups excluding carboxylic acids is 1. The van der Waals surface area contributed by atoms with E-state index in [0.29, 0.717) is 48.5 Å². The molecule has 0 aromatic carbocycles. The molecular weight excluding hydrogens is 376 g/mol. The van der Waals surface area contributed by atoms with E-state index in [-0.39, 0.29) is 5.91 Å². The fraction of sp³-hybridized carbons (Fsp3) is 0.263. The highest BCUT2D eigenvalue weighted by molar-refractivity contribution is 7.12. The van der Waals surface area contributed by atoms with Crippen molar-refractivity contribution < 1.29 is 9.21 Å². The highest BCUT2D eigenvalue weighted by Crippen LogP contribution is 2.32. The van der Waals surface area contributed by atoms with Crippen LogP contribution in [-0.4, -0.2) is 55.6 Å². The number of fused-ring (bicyclic) bond motifs is 3. The monoisotopic (exact) mass is 396 g/mol. The molecule has 0 saturated heterocycles. The Morgan fingerprint density at radius 3 is 2.86 bits per heavy atom. The Labute approximate surface area is 166 Å². The maximum atomic E-state index is 12.6. The van der Waals surface area contributed by atoms with Gasteiger partial charge in [-0.3, -0.25) is 14.3 Å². The zero-order valence-corrected chi connectivity index (χ0v) is 16.4. The van der Waals surface area contributed by atoms with E-state index in [1.165, 1.54) is 11.3 Å². The first-order chi connectivity index (χ1) is 13.6. The number of nitrogens with zero attached hydrogens (tertiary/aromatic N) is 6. The minimum absolute atomic E-state index is 0.00430. The zero-order valence-electron chi connectivity index (χ0n) is 15.5. The third-order valence-electron chi connectivity index (χ3n) is 4.50. The second kappa shape index (κ2) is 7.53. The quantitative estimate of drug-likeness (QED) is 0.571. The van der Waals surface area contributed by atoms with E-state index < -0.39 is 0 Å². The molecule has 4 rings (SSSR count). The lowest BCUT2D eigenvalue weighted by Gasteiger charge is -2.15. The van der Waals surface area contributed by atoms with E-state index in [4.69, 9.17) is 4.42 Å². The molecule has 1 aliphatic rings. The number of thiophene rings is 1. The Bertz CT molecular complexity index is 1020. The second-order valence-corrected chi connectivity index (χ2v) is 7.39. The van der Waals surface area contributed by atoms with E-state index in [0.717, 1.165) is 11.4 Å². The smallest absolute Gasteiger partial charge is 0.268 e. The van der Waals surface area contributed by atoms with Crippen LogP contribution in [0.1, 0.15) is 21.3 Å². The maximum absolute atomic E-state index is 12.6. The first kappa shape index (κ1) is 18.3. The average Bonchev–Trinajstić information content (AvgIpc) is 3.39. The van der Waals surface area contributed by atoms with Gasteiger partial charge in [-0.25, -0.2) is 4.98 Å². The summed E-state index contributed by atoms with van der Waals surface area (Å²) < 4.78 is 7.81. The number of amides is 1. The van der Waals surface area contributed by atoms with Gasteiger partial charge in [-0.05, 0) is 11.4 Å². The second-order valence-electron chi connectivity index (χ2n) is 6.48. The molecule has 0 aliphatic carbocycles. The summed E-state index contributed by atoms with van der Waals surface area (Å²) in [5.41, 5.74) is 2.27. The van der Waals surface area contributed by atoms with Crippen molar-refractivity contribution in [1.82, 2.24) is 29.5 Å². The topological polar surface area (TPSA) is 80.3 Å². The summed E-state index contributed by atoms with van der Waals surface area (Å²) in [6.07, 6.45) is 5.34. The molecule has 0 bridgehead atoms. The van der Waals surface area contributed by atoms with Crippen LogP contribution < -0.4 is 0 Å². The highest BCUT2D eigenvalue weighted by atomic mass is 32.1. The van der Waals surface area contributed by atoms with Crippen molar-refractivity contribution in [2.75, 3.05) is 20.1 Å². The molecule has 28 heavy (non-hydrogen) atoms. The predicted octanol–water partition coefficient (Wildman–Crippen LogP) is 2.74. The van der Waals surface area contributed by atoms with Crippen LogP contribution in [0.2, 0.25) is 0 Å². The molecule has 0 atom stereocenters. The molecule has 0 unspecified atom stereocenters. The van der Waals surface area contributed by atoms with E-state index in [9.17, 15) is 4.79 Å². The molecule has 0 radical (unpaired) electrons. The summed E-state index contributed by atoms with van der Waals surface area (Å²) in [5.74, 6) is 0.838. The van der Waals surface area contributed by atoms with Gasteiger partial charge in [0.2, 0.25) is 5.89 Å². The standard InChI is InChI=1S/C19H20N6O2S/c1-4-7-24(8-5-2)11-15-21-22-18(27-15)16-14-10-23(3)19(26)17-13(6-9-28-17)25(14)12-20-16/h4-6,9,12H,1-2,7-8,10-11H2,3H3. The Balaban J connectivity index is 1.67. The van der Waals surface area contributed by atoms with Crippen LogP contribution in [0, 0.1) is 0 Å². The predicted molar refractivity (Wildman–Crippen MR) is 106 cm³/mol. The van der Waals surface area contributed by atoms with Crippen molar-refractivity contribution >= 4 is 17.2 Å². The van der Waals surface area contributed by atoms with Gasteiger partial charge in [0.1, 0.15) is 11.2 Å². The molecule has 3 aromatic rings. The van der Waals surface area contributed by atoms with Crippen molar-refractivity contribution in [3.05, 3.63) is 59.5 Å². The van der Waals surface area contributed by atoms with Crippen LogP contribution in [0.25, 0.3) is 17.3 Å². The average molecular weight is 396 g/mol. The van der Waals surface area contributed by atoms with Crippen LogP contribution in [-0.2, 0) is 13.1 Å². The van der Waals surface area contributed by atoms with Crippen LogP contribution in [0.5, 0.6) is 0 Å². The maximum Gasteiger partial charge on any atom is 0.268 e. The first-order valence-corrected chi connectivity index (χ1v) is 9.66. The molecule has 8 nitrogen and oxygen atoms in total. The van der Waals surface area contributed by atoms with Gasteiger partial charge in [0, 0.05) is 20.1 Å². The summed E-state index contributed by atoms with van der Waals surface area (Å²) >= 11 is 1.43. The van der Waals surface area contributed by atoms with Crippen molar-refractivity contribution in [3.63, 3.8) is 0 Å². The van der Waals surface area contributed by atoms with Gasteiger partial charge in [-0.2, -0.15) is 0 Å². The number of rotatable bonds is 7. The molecule has 0 fully saturated rings. The van der Waals surface area contributed by atoms with Gasteiger partial charge in [0.25, 0.3) is 11.8 Å². The third kappa shape index (κ3) is 3.19. The van der Waals surface area contributed by atoms with Crippen molar-refractivity contribution in [1.29, 1.82) is 0 Å². The Morgan fingerprint density at radius 2 is 2.11 bits per heavy atom. The molecule has 144 valence electrons. The fourth-order valence-electron chi connectivity index (χ4n) is 3.21.